The van der Waals surface area contributed by atoms with E-state index in [2.05, 4.69) is 232 Å². The van der Waals surface area contributed by atoms with Gasteiger partial charge in [-0.15, -0.1) is 0 Å². The van der Waals surface area contributed by atoms with E-state index in [0.717, 1.165) is 25.7 Å². The Labute approximate surface area is 364 Å². The van der Waals surface area contributed by atoms with Crippen molar-refractivity contribution in [2.75, 3.05) is 0 Å². The Morgan fingerprint density at radius 3 is 1.25 bits per heavy atom. The molecule has 0 unspecified atom stereocenters. The Balaban J connectivity index is 0.904. The van der Waals surface area contributed by atoms with Gasteiger partial charge >= 0.3 is 0 Å². The van der Waals surface area contributed by atoms with Crippen LogP contribution in [0.15, 0.2) is 236 Å². The van der Waals surface area contributed by atoms with E-state index in [4.69, 9.17) is 0 Å². The second kappa shape index (κ2) is 16.5. The number of benzene rings is 8. The SMILES string of the molecule is C=C/C=C\C1=C(C)[Si](c2ccccc2)(c2ccccc2)c2cc(CCc3ccc(CCc4ccc5c(c4)[Si](c4ccccc4)(c4ccccc4)c4ccccc4-5)cc3)ccc21. The van der Waals surface area contributed by atoms with Crippen molar-refractivity contribution in [2.24, 2.45) is 0 Å². The molecule has 0 N–H and O–H groups in total. The minimum absolute atomic E-state index is 1.00. The molecule has 61 heavy (non-hydrogen) atoms. The molecular weight excluding hydrogens is 765 g/mol. The zero-order valence-electron chi connectivity index (χ0n) is 34.9. The van der Waals surface area contributed by atoms with Crippen LogP contribution in [0.5, 0.6) is 0 Å². The first kappa shape index (κ1) is 38.6. The summed E-state index contributed by atoms with van der Waals surface area (Å²) in [6, 6.07) is 78.4. The van der Waals surface area contributed by atoms with Crippen LogP contribution in [0.2, 0.25) is 0 Å². The fraction of sp³-hybridized carbons (Fsp3) is 0.0847. The van der Waals surface area contributed by atoms with Crippen molar-refractivity contribution in [3.63, 3.8) is 0 Å². The molecule has 0 spiro atoms. The summed E-state index contributed by atoms with van der Waals surface area (Å²) in [5.41, 5.74) is 11.1. The molecule has 0 fully saturated rings. The van der Waals surface area contributed by atoms with Gasteiger partial charge in [0.2, 0.25) is 0 Å². The zero-order chi connectivity index (χ0) is 41.2. The standard InChI is InChI=1S/C59H50Si2/c1-3-4-27-53-44(2)60(49-19-9-5-10-20-49,50-21-11-6-12-22-50)58-42-47(38-40-55(53)58)36-34-45-30-32-46(33-31-45)35-37-48-39-41-56-54-28-17-18-29-57(54)61(59(56)43-48,51-23-13-7-14-24-51)52-25-15-8-16-26-52/h3-33,38-43H,1,34-37H2,2H3/b27-4-. The summed E-state index contributed by atoms with van der Waals surface area (Å²) in [6.07, 6.45) is 10.3. The second-order valence-corrected chi connectivity index (χ2v) is 24.4. The van der Waals surface area contributed by atoms with Crippen LogP contribution in [0.3, 0.4) is 0 Å². The summed E-state index contributed by atoms with van der Waals surface area (Å²) in [7, 11) is -4.95. The van der Waals surface area contributed by atoms with Crippen LogP contribution in [0.4, 0.5) is 0 Å². The number of allylic oxidation sites excluding steroid dienone is 5. The Kier molecular flexibility index (Phi) is 10.4. The summed E-state index contributed by atoms with van der Waals surface area (Å²) < 4.78 is 0. The lowest BCUT2D eigenvalue weighted by molar-refractivity contribution is 0.941. The van der Waals surface area contributed by atoms with Gasteiger partial charge in [0.05, 0.1) is 0 Å². The number of hydrogen-bond donors (Lipinski definition) is 0. The molecule has 2 heteroatoms. The van der Waals surface area contributed by atoms with E-state index in [0.29, 0.717) is 0 Å². The van der Waals surface area contributed by atoms with E-state index in [9.17, 15) is 0 Å². The second-order valence-electron chi connectivity index (χ2n) is 16.7. The third-order valence-electron chi connectivity index (χ3n) is 13.5. The van der Waals surface area contributed by atoms with Crippen molar-refractivity contribution in [3.8, 4) is 11.1 Å². The van der Waals surface area contributed by atoms with Crippen LogP contribution in [0.25, 0.3) is 16.7 Å². The largest absolute Gasteiger partial charge is 0.180 e. The minimum Gasteiger partial charge on any atom is -0.0991 e. The highest BCUT2D eigenvalue weighted by Crippen LogP contribution is 2.35. The topological polar surface area (TPSA) is 0 Å². The van der Waals surface area contributed by atoms with Gasteiger partial charge in [0.25, 0.3) is 0 Å². The van der Waals surface area contributed by atoms with E-state index < -0.39 is 16.1 Å². The number of hydrogen-bond acceptors (Lipinski definition) is 0. The van der Waals surface area contributed by atoms with Gasteiger partial charge in [0.1, 0.15) is 0 Å². The molecule has 2 aliphatic rings. The number of fused-ring (bicyclic) bond motifs is 4. The highest BCUT2D eigenvalue weighted by Gasteiger charge is 2.49. The molecule has 0 radical (unpaired) electrons. The fourth-order valence-electron chi connectivity index (χ4n) is 10.7. The zero-order valence-corrected chi connectivity index (χ0v) is 36.9. The van der Waals surface area contributed by atoms with Crippen molar-refractivity contribution in [2.45, 2.75) is 32.6 Å². The molecule has 0 saturated heterocycles. The van der Waals surface area contributed by atoms with Gasteiger partial charge in [0.15, 0.2) is 16.1 Å². The Morgan fingerprint density at radius 1 is 0.377 bits per heavy atom. The van der Waals surface area contributed by atoms with Crippen LogP contribution < -0.4 is 36.3 Å². The highest BCUT2D eigenvalue weighted by atomic mass is 28.3. The van der Waals surface area contributed by atoms with E-state index in [1.807, 2.05) is 6.08 Å². The van der Waals surface area contributed by atoms with Gasteiger partial charge < -0.3 is 0 Å². The smallest absolute Gasteiger partial charge is 0.0991 e. The molecule has 0 nitrogen and oxygen atoms in total. The molecule has 10 rings (SSSR count). The molecule has 294 valence electrons. The van der Waals surface area contributed by atoms with Gasteiger partial charge in [-0.05, 0) is 113 Å². The van der Waals surface area contributed by atoms with Crippen molar-refractivity contribution >= 4 is 58.0 Å². The average molecular weight is 815 g/mol. The highest BCUT2D eigenvalue weighted by molar-refractivity contribution is 7.22. The lowest BCUT2D eigenvalue weighted by Gasteiger charge is -2.32. The molecule has 0 saturated carbocycles. The van der Waals surface area contributed by atoms with Crippen molar-refractivity contribution < 1.29 is 0 Å². The first-order valence-corrected chi connectivity index (χ1v) is 25.8. The van der Waals surface area contributed by atoms with E-state index in [1.54, 1.807) is 0 Å². The van der Waals surface area contributed by atoms with Gasteiger partial charge in [-0.1, -0.05) is 236 Å². The third-order valence-corrected chi connectivity index (χ3v) is 23.4. The third kappa shape index (κ3) is 6.59. The van der Waals surface area contributed by atoms with Crippen molar-refractivity contribution in [3.05, 3.63) is 264 Å². The summed E-state index contributed by atoms with van der Waals surface area (Å²) in [5.74, 6) is 0. The lowest BCUT2D eigenvalue weighted by atomic mass is 9.98. The average Bonchev–Trinajstić information content (AvgIpc) is 3.76. The molecule has 2 aliphatic heterocycles. The lowest BCUT2D eigenvalue weighted by Crippen LogP contribution is -2.72. The predicted octanol–water partition coefficient (Wildman–Crippen LogP) is 9.15. The van der Waals surface area contributed by atoms with Crippen molar-refractivity contribution in [1.29, 1.82) is 0 Å². The Bertz CT molecular complexity index is 2830. The number of rotatable bonds is 12. The molecule has 0 atom stereocenters. The Morgan fingerprint density at radius 2 is 0.754 bits per heavy atom. The summed E-state index contributed by atoms with van der Waals surface area (Å²) in [6.45, 7) is 6.38. The first-order valence-electron chi connectivity index (χ1n) is 21.8. The van der Waals surface area contributed by atoms with Crippen LogP contribution in [0.1, 0.15) is 34.7 Å². The molecule has 0 aliphatic carbocycles. The summed E-state index contributed by atoms with van der Waals surface area (Å²) >= 11 is 0. The normalized spacial score (nSPS) is 14.4. The van der Waals surface area contributed by atoms with Gasteiger partial charge in [-0.25, -0.2) is 0 Å². The van der Waals surface area contributed by atoms with Crippen LogP contribution in [-0.2, 0) is 25.7 Å². The molecular formula is C59H50Si2. The van der Waals surface area contributed by atoms with Gasteiger partial charge in [-0.2, -0.15) is 0 Å². The quantitative estimate of drug-likeness (QED) is 0.0854. The molecule has 0 amide bonds. The maximum Gasteiger partial charge on any atom is 0.180 e. The van der Waals surface area contributed by atoms with Gasteiger partial charge in [0, 0.05) is 0 Å². The molecule has 8 aromatic carbocycles. The number of aryl methyl sites for hydroxylation is 4. The summed E-state index contributed by atoms with van der Waals surface area (Å²) in [4.78, 5) is 0. The maximum atomic E-state index is 4.00. The predicted molar refractivity (Wildman–Crippen MR) is 266 cm³/mol. The monoisotopic (exact) mass is 814 g/mol. The van der Waals surface area contributed by atoms with Crippen LogP contribution in [-0.4, -0.2) is 16.1 Å². The molecule has 0 aromatic heterocycles. The Hall–Kier alpha value is -6.59. The van der Waals surface area contributed by atoms with Crippen molar-refractivity contribution in [1.82, 2.24) is 0 Å². The first-order chi connectivity index (χ1) is 30.1. The van der Waals surface area contributed by atoms with E-state index in [-0.39, 0.29) is 0 Å². The molecule has 8 aromatic rings. The summed E-state index contributed by atoms with van der Waals surface area (Å²) in [5, 5.41) is 11.8. The van der Waals surface area contributed by atoms with E-state index >= 15 is 0 Å². The minimum atomic E-state index is -2.48. The molecule has 2 heterocycles. The van der Waals surface area contributed by atoms with E-state index in [1.165, 1.54) is 86.0 Å². The maximum absolute atomic E-state index is 4.00. The van der Waals surface area contributed by atoms with Crippen LogP contribution >= 0.6 is 0 Å². The van der Waals surface area contributed by atoms with Crippen LogP contribution in [0, 0.1) is 0 Å². The molecule has 0 bridgehead atoms. The van der Waals surface area contributed by atoms with Gasteiger partial charge in [-0.3, -0.25) is 0 Å². The fourth-order valence-corrected chi connectivity index (χ4v) is 21.2.